The van der Waals surface area contributed by atoms with Crippen LogP contribution in [-0.2, 0) is 0 Å². The fourth-order valence-corrected chi connectivity index (χ4v) is 2.29. The Balaban J connectivity index is 1.72. The van der Waals surface area contributed by atoms with Gasteiger partial charge in [-0.1, -0.05) is 12.1 Å². The number of halogens is 2. The molecule has 3 aromatic rings. The summed E-state index contributed by atoms with van der Waals surface area (Å²) in [6.07, 6.45) is 0. The Bertz CT molecular complexity index is 919. The van der Waals surface area contributed by atoms with Gasteiger partial charge in [0.25, 0.3) is 0 Å². The maximum Gasteiger partial charge on any atom is 0.150 e. The molecule has 0 fully saturated rings. The van der Waals surface area contributed by atoms with Crippen LogP contribution in [0.1, 0.15) is 11.1 Å². The van der Waals surface area contributed by atoms with Crippen LogP contribution >= 0.6 is 0 Å². The SMILES string of the molecule is Cc1ccc(N=Nc2ccc(Nc3ccc(C)cc3F)cc2)c(F)c1. The first-order chi connectivity index (χ1) is 12.0. The van der Waals surface area contributed by atoms with E-state index >= 15 is 0 Å². The summed E-state index contributed by atoms with van der Waals surface area (Å²) < 4.78 is 27.6. The van der Waals surface area contributed by atoms with E-state index in [0.717, 1.165) is 16.8 Å². The van der Waals surface area contributed by atoms with Crippen molar-refractivity contribution in [1.82, 2.24) is 0 Å². The molecule has 0 aliphatic heterocycles. The second-order valence-corrected chi connectivity index (χ2v) is 5.81. The lowest BCUT2D eigenvalue weighted by molar-refractivity contribution is 0.627. The van der Waals surface area contributed by atoms with Crippen molar-refractivity contribution in [2.24, 2.45) is 10.2 Å². The third-order valence-corrected chi connectivity index (χ3v) is 3.65. The van der Waals surface area contributed by atoms with Crippen LogP contribution < -0.4 is 5.32 Å². The van der Waals surface area contributed by atoms with E-state index in [0.29, 0.717) is 11.4 Å². The molecule has 3 aromatic carbocycles. The van der Waals surface area contributed by atoms with E-state index in [1.807, 2.05) is 19.9 Å². The lowest BCUT2D eigenvalue weighted by atomic mass is 10.2. The molecule has 25 heavy (non-hydrogen) atoms. The van der Waals surface area contributed by atoms with Gasteiger partial charge in [0.1, 0.15) is 11.5 Å². The summed E-state index contributed by atoms with van der Waals surface area (Å²) in [6.45, 7) is 3.65. The average molecular weight is 337 g/mol. The molecule has 0 radical (unpaired) electrons. The maximum atomic E-state index is 13.9. The predicted molar refractivity (Wildman–Crippen MR) is 96.2 cm³/mol. The number of benzene rings is 3. The highest BCUT2D eigenvalue weighted by molar-refractivity contribution is 5.62. The average Bonchev–Trinajstić information content (AvgIpc) is 2.58. The van der Waals surface area contributed by atoms with E-state index in [2.05, 4.69) is 15.5 Å². The number of aryl methyl sites for hydroxylation is 2. The molecule has 3 nitrogen and oxygen atoms in total. The van der Waals surface area contributed by atoms with Gasteiger partial charge in [-0.05, 0) is 73.5 Å². The van der Waals surface area contributed by atoms with Gasteiger partial charge < -0.3 is 5.32 Å². The normalized spacial score (nSPS) is 11.0. The molecular weight excluding hydrogens is 320 g/mol. The molecule has 126 valence electrons. The van der Waals surface area contributed by atoms with Crippen molar-refractivity contribution in [2.45, 2.75) is 13.8 Å². The van der Waals surface area contributed by atoms with Crippen molar-refractivity contribution in [2.75, 3.05) is 5.32 Å². The summed E-state index contributed by atoms with van der Waals surface area (Å²) in [4.78, 5) is 0. The first kappa shape index (κ1) is 16.8. The number of nitrogens with zero attached hydrogens (tertiary/aromatic N) is 2. The summed E-state index contributed by atoms with van der Waals surface area (Å²) in [5.41, 5.74) is 3.59. The lowest BCUT2D eigenvalue weighted by Gasteiger charge is -2.08. The smallest absolute Gasteiger partial charge is 0.150 e. The van der Waals surface area contributed by atoms with Crippen LogP contribution in [-0.4, -0.2) is 0 Å². The maximum absolute atomic E-state index is 13.9. The molecule has 0 saturated carbocycles. The van der Waals surface area contributed by atoms with Crippen LogP contribution in [0, 0.1) is 25.5 Å². The molecule has 0 aliphatic rings. The van der Waals surface area contributed by atoms with Gasteiger partial charge in [-0.3, -0.25) is 0 Å². The molecule has 0 aliphatic carbocycles. The van der Waals surface area contributed by atoms with Crippen molar-refractivity contribution < 1.29 is 8.78 Å². The van der Waals surface area contributed by atoms with Crippen LogP contribution in [0.5, 0.6) is 0 Å². The number of rotatable bonds is 4. The molecule has 0 spiro atoms. The molecule has 5 heteroatoms. The molecule has 0 heterocycles. The van der Waals surface area contributed by atoms with Gasteiger partial charge in [0.15, 0.2) is 5.82 Å². The van der Waals surface area contributed by atoms with Crippen LogP contribution in [0.25, 0.3) is 0 Å². The Kier molecular flexibility index (Phi) is 4.84. The van der Waals surface area contributed by atoms with E-state index < -0.39 is 5.82 Å². The molecule has 0 unspecified atom stereocenters. The van der Waals surface area contributed by atoms with E-state index in [9.17, 15) is 8.78 Å². The van der Waals surface area contributed by atoms with E-state index in [4.69, 9.17) is 0 Å². The summed E-state index contributed by atoms with van der Waals surface area (Å²) in [5, 5.41) is 11.0. The largest absolute Gasteiger partial charge is 0.353 e. The Hall–Kier alpha value is -3.08. The van der Waals surface area contributed by atoms with Crippen molar-refractivity contribution in [3.05, 3.63) is 83.4 Å². The number of hydrogen-bond donors (Lipinski definition) is 1. The van der Waals surface area contributed by atoms with Gasteiger partial charge >= 0.3 is 0 Å². The zero-order valence-corrected chi connectivity index (χ0v) is 13.9. The van der Waals surface area contributed by atoms with Crippen LogP contribution in [0.15, 0.2) is 70.9 Å². The molecule has 3 rings (SSSR count). The van der Waals surface area contributed by atoms with Crippen LogP contribution in [0.4, 0.5) is 31.5 Å². The minimum Gasteiger partial charge on any atom is -0.353 e. The molecule has 0 amide bonds. The molecule has 0 aromatic heterocycles. The Morgan fingerprint density at radius 1 is 0.720 bits per heavy atom. The zero-order valence-electron chi connectivity index (χ0n) is 13.9. The van der Waals surface area contributed by atoms with Gasteiger partial charge in [0, 0.05) is 5.69 Å². The summed E-state index contributed by atoms with van der Waals surface area (Å²) in [7, 11) is 0. The van der Waals surface area contributed by atoms with Gasteiger partial charge in [-0.2, -0.15) is 5.11 Å². The Labute approximate surface area is 145 Å². The van der Waals surface area contributed by atoms with E-state index in [1.165, 1.54) is 12.1 Å². The quantitative estimate of drug-likeness (QED) is 0.526. The summed E-state index contributed by atoms with van der Waals surface area (Å²) in [5.74, 6) is -0.713. The van der Waals surface area contributed by atoms with E-state index in [1.54, 1.807) is 42.5 Å². The second-order valence-electron chi connectivity index (χ2n) is 5.81. The predicted octanol–water partition coefficient (Wildman–Crippen LogP) is 6.74. The number of anilines is 2. The molecule has 1 N–H and O–H groups in total. The van der Waals surface area contributed by atoms with Crippen molar-refractivity contribution >= 4 is 22.7 Å². The Morgan fingerprint density at radius 3 is 2.00 bits per heavy atom. The van der Waals surface area contributed by atoms with Crippen LogP contribution in [0.3, 0.4) is 0 Å². The first-order valence-corrected chi connectivity index (χ1v) is 7.82. The monoisotopic (exact) mass is 337 g/mol. The number of hydrogen-bond acceptors (Lipinski definition) is 3. The Morgan fingerprint density at radius 2 is 1.36 bits per heavy atom. The second kappa shape index (κ2) is 7.21. The number of nitrogens with one attached hydrogen (secondary N) is 1. The lowest BCUT2D eigenvalue weighted by Crippen LogP contribution is -1.93. The van der Waals surface area contributed by atoms with Gasteiger partial charge in [0.2, 0.25) is 0 Å². The molecular formula is C20H17F2N3. The highest BCUT2D eigenvalue weighted by Gasteiger charge is 2.03. The fraction of sp³-hybridized carbons (Fsp3) is 0.100. The van der Waals surface area contributed by atoms with Crippen molar-refractivity contribution in [1.29, 1.82) is 0 Å². The van der Waals surface area contributed by atoms with Crippen molar-refractivity contribution in [3.63, 3.8) is 0 Å². The molecule has 0 bridgehead atoms. The fourth-order valence-electron chi connectivity index (χ4n) is 2.29. The van der Waals surface area contributed by atoms with Gasteiger partial charge in [0.05, 0.1) is 11.4 Å². The number of azo groups is 1. The summed E-state index contributed by atoms with van der Waals surface area (Å²) in [6, 6.07) is 16.8. The minimum atomic E-state index is -0.406. The highest BCUT2D eigenvalue weighted by Crippen LogP contribution is 2.25. The van der Waals surface area contributed by atoms with E-state index in [-0.39, 0.29) is 11.5 Å². The van der Waals surface area contributed by atoms with Gasteiger partial charge in [-0.15, -0.1) is 5.11 Å². The first-order valence-electron chi connectivity index (χ1n) is 7.82. The molecule has 0 atom stereocenters. The third kappa shape index (κ3) is 4.26. The third-order valence-electron chi connectivity index (χ3n) is 3.65. The van der Waals surface area contributed by atoms with Crippen LogP contribution in [0.2, 0.25) is 0 Å². The van der Waals surface area contributed by atoms with Crippen molar-refractivity contribution in [3.8, 4) is 0 Å². The zero-order chi connectivity index (χ0) is 17.8. The topological polar surface area (TPSA) is 36.8 Å². The standard InChI is InChI=1S/C20H17F2N3/c1-13-3-9-19(17(21)11-13)23-15-5-7-16(8-6-15)24-25-20-10-4-14(2)12-18(20)22/h3-12,23H,1-2H3. The minimum absolute atomic E-state index is 0.189. The molecule has 0 saturated heterocycles. The summed E-state index contributed by atoms with van der Waals surface area (Å²) >= 11 is 0. The highest BCUT2D eigenvalue weighted by atomic mass is 19.1. The van der Waals surface area contributed by atoms with Gasteiger partial charge in [-0.25, -0.2) is 8.78 Å².